The lowest BCUT2D eigenvalue weighted by atomic mass is 10.1. The number of alkyl halides is 3. The van der Waals surface area contributed by atoms with Crippen molar-refractivity contribution in [1.82, 2.24) is 5.32 Å². The molecule has 3 nitrogen and oxygen atoms in total. The van der Waals surface area contributed by atoms with Gasteiger partial charge in [-0.25, -0.2) is 4.79 Å². The van der Waals surface area contributed by atoms with Gasteiger partial charge in [0, 0.05) is 12.3 Å². The summed E-state index contributed by atoms with van der Waals surface area (Å²) in [4.78, 5) is 10.2. The van der Waals surface area contributed by atoms with Crippen LogP contribution in [0.15, 0.2) is 24.3 Å². The Morgan fingerprint density at radius 3 is 2.42 bits per heavy atom. The first kappa shape index (κ1) is 15.7. The zero-order chi connectivity index (χ0) is 14.3. The molecule has 0 aliphatic rings. The number of thioether (sulfide) groups is 1. The van der Waals surface area contributed by atoms with Crippen LogP contribution in [0.4, 0.5) is 18.0 Å². The van der Waals surface area contributed by atoms with Gasteiger partial charge in [-0.1, -0.05) is 12.1 Å². The summed E-state index contributed by atoms with van der Waals surface area (Å²) in [6.07, 6.45) is -4.65. The second kappa shape index (κ2) is 7.28. The van der Waals surface area contributed by atoms with E-state index in [1.807, 2.05) is 0 Å². The summed E-state index contributed by atoms with van der Waals surface area (Å²) in [6, 6.07) is 5.07. The van der Waals surface area contributed by atoms with Crippen LogP contribution in [0.3, 0.4) is 0 Å². The molecule has 0 saturated heterocycles. The lowest BCUT2D eigenvalue weighted by Crippen LogP contribution is -2.22. The molecule has 0 unspecified atom stereocenters. The van der Waals surface area contributed by atoms with Crippen LogP contribution in [0.5, 0.6) is 0 Å². The molecule has 0 fully saturated rings. The number of carbonyl (C=O) groups is 1. The predicted molar refractivity (Wildman–Crippen MR) is 68.3 cm³/mol. The number of nitrogens with one attached hydrogen (secondary N) is 1. The van der Waals surface area contributed by atoms with Crippen molar-refractivity contribution >= 4 is 17.9 Å². The second-order valence-electron chi connectivity index (χ2n) is 3.83. The van der Waals surface area contributed by atoms with E-state index in [-0.39, 0.29) is 0 Å². The number of halogens is 3. The number of amides is 1. The van der Waals surface area contributed by atoms with E-state index in [9.17, 15) is 18.0 Å². The first-order valence-corrected chi connectivity index (χ1v) is 6.76. The second-order valence-corrected chi connectivity index (χ2v) is 4.94. The first-order chi connectivity index (χ1) is 8.89. The maximum Gasteiger partial charge on any atom is 0.416 e. The Balaban J connectivity index is 2.25. The van der Waals surface area contributed by atoms with Crippen molar-refractivity contribution in [1.29, 1.82) is 0 Å². The van der Waals surface area contributed by atoms with Crippen LogP contribution in [-0.2, 0) is 11.9 Å². The minimum Gasteiger partial charge on any atom is -0.465 e. The molecule has 1 aromatic rings. The molecular formula is C12H14F3NO2S. The fraction of sp³-hybridized carbons (Fsp3) is 0.417. The van der Waals surface area contributed by atoms with Gasteiger partial charge < -0.3 is 10.4 Å². The van der Waals surface area contributed by atoms with E-state index in [2.05, 4.69) is 5.32 Å². The Morgan fingerprint density at radius 1 is 1.26 bits per heavy atom. The molecule has 0 aliphatic carbocycles. The van der Waals surface area contributed by atoms with Crippen molar-refractivity contribution in [2.75, 3.05) is 12.3 Å². The van der Waals surface area contributed by atoms with Crippen LogP contribution in [0.25, 0.3) is 0 Å². The number of rotatable bonds is 6. The average Bonchev–Trinajstić information content (AvgIpc) is 2.32. The Hall–Kier alpha value is -1.37. The summed E-state index contributed by atoms with van der Waals surface area (Å²) < 4.78 is 36.9. The number of hydrogen-bond acceptors (Lipinski definition) is 2. The maximum absolute atomic E-state index is 12.3. The lowest BCUT2D eigenvalue weighted by Gasteiger charge is -2.07. The minimum absolute atomic E-state index is 0.384. The third kappa shape index (κ3) is 6.37. The number of benzene rings is 1. The number of hydrogen-bond donors (Lipinski definition) is 2. The van der Waals surface area contributed by atoms with Crippen molar-refractivity contribution in [3.63, 3.8) is 0 Å². The lowest BCUT2D eigenvalue weighted by molar-refractivity contribution is -0.137. The molecule has 106 valence electrons. The van der Waals surface area contributed by atoms with Gasteiger partial charge in [0.2, 0.25) is 0 Å². The SMILES string of the molecule is O=C(O)NCCCSCc1ccc(C(F)(F)F)cc1. The standard InChI is InChI=1S/C12H14F3NO2S/c13-12(14,15)10-4-2-9(3-5-10)8-19-7-1-6-16-11(17)18/h2-5,16H,1,6-8H2,(H,17,18). The highest BCUT2D eigenvalue weighted by Crippen LogP contribution is 2.29. The Bertz CT molecular complexity index is 406. The van der Waals surface area contributed by atoms with E-state index in [1.165, 1.54) is 12.1 Å². The van der Waals surface area contributed by atoms with E-state index in [4.69, 9.17) is 5.11 Å². The molecule has 0 bridgehead atoms. The van der Waals surface area contributed by atoms with Crippen LogP contribution < -0.4 is 5.32 Å². The molecule has 0 radical (unpaired) electrons. The number of carboxylic acid groups (broad SMARTS) is 1. The van der Waals surface area contributed by atoms with Crippen molar-refractivity contribution in [3.05, 3.63) is 35.4 Å². The normalized spacial score (nSPS) is 11.3. The zero-order valence-corrected chi connectivity index (χ0v) is 10.9. The van der Waals surface area contributed by atoms with Gasteiger partial charge in [0.1, 0.15) is 0 Å². The molecule has 0 spiro atoms. The fourth-order valence-electron chi connectivity index (χ4n) is 1.35. The van der Waals surface area contributed by atoms with Gasteiger partial charge >= 0.3 is 12.3 Å². The van der Waals surface area contributed by atoms with E-state index >= 15 is 0 Å². The summed E-state index contributed by atoms with van der Waals surface area (Å²) in [6.45, 7) is 0.384. The van der Waals surface area contributed by atoms with E-state index in [1.54, 1.807) is 11.8 Å². The molecule has 0 heterocycles. The van der Waals surface area contributed by atoms with Crippen LogP contribution in [0, 0.1) is 0 Å². The molecular weight excluding hydrogens is 279 g/mol. The van der Waals surface area contributed by atoms with Gasteiger partial charge in [-0.05, 0) is 29.9 Å². The van der Waals surface area contributed by atoms with Crippen LogP contribution >= 0.6 is 11.8 Å². The van der Waals surface area contributed by atoms with Gasteiger partial charge in [0.05, 0.1) is 5.56 Å². The van der Waals surface area contributed by atoms with Crippen molar-refractivity contribution < 1.29 is 23.1 Å². The quantitative estimate of drug-likeness (QED) is 0.788. The van der Waals surface area contributed by atoms with Gasteiger partial charge in [0.15, 0.2) is 0 Å². The molecule has 0 atom stereocenters. The molecule has 1 aromatic carbocycles. The third-order valence-electron chi connectivity index (χ3n) is 2.29. The predicted octanol–water partition coefficient (Wildman–Crippen LogP) is 3.60. The average molecular weight is 293 g/mol. The van der Waals surface area contributed by atoms with Gasteiger partial charge in [-0.3, -0.25) is 0 Å². The Morgan fingerprint density at radius 2 is 1.89 bits per heavy atom. The van der Waals surface area contributed by atoms with Gasteiger partial charge in [-0.15, -0.1) is 0 Å². The van der Waals surface area contributed by atoms with Crippen LogP contribution in [0.2, 0.25) is 0 Å². The van der Waals surface area contributed by atoms with Gasteiger partial charge in [0.25, 0.3) is 0 Å². The molecule has 0 aromatic heterocycles. The van der Waals surface area contributed by atoms with E-state index in [0.717, 1.165) is 23.4 Å². The van der Waals surface area contributed by atoms with Crippen LogP contribution in [0.1, 0.15) is 17.5 Å². The molecule has 0 aliphatic heterocycles. The molecule has 7 heteroatoms. The zero-order valence-electron chi connectivity index (χ0n) is 10.0. The van der Waals surface area contributed by atoms with E-state index < -0.39 is 17.8 Å². The molecule has 0 saturated carbocycles. The van der Waals surface area contributed by atoms with Crippen molar-refractivity contribution in [2.24, 2.45) is 0 Å². The summed E-state index contributed by atoms with van der Waals surface area (Å²) in [5, 5.41) is 10.6. The summed E-state index contributed by atoms with van der Waals surface area (Å²) in [7, 11) is 0. The van der Waals surface area contributed by atoms with Crippen LogP contribution in [-0.4, -0.2) is 23.5 Å². The molecule has 19 heavy (non-hydrogen) atoms. The largest absolute Gasteiger partial charge is 0.465 e. The highest BCUT2D eigenvalue weighted by Gasteiger charge is 2.29. The summed E-state index contributed by atoms with van der Waals surface area (Å²) in [5.74, 6) is 1.37. The van der Waals surface area contributed by atoms with Gasteiger partial charge in [-0.2, -0.15) is 24.9 Å². The molecule has 1 rings (SSSR count). The molecule has 2 N–H and O–H groups in total. The Kier molecular flexibility index (Phi) is 6.01. The minimum atomic E-state index is -4.30. The third-order valence-corrected chi connectivity index (χ3v) is 3.41. The summed E-state index contributed by atoms with van der Waals surface area (Å²) in [5.41, 5.74) is 0.177. The Labute approximate surface area is 113 Å². The maximum atomic E-state index is 12.3. The highest BCUT2D eigenvalue weighted by atomic mass is 32.2. The monoisotopic (exact) mass is 293 g/mol. The van der Waals surface area contributed by atoms with Crippen molar-refractivity contribution in [3.8, 4) is 0 Å². The topological polar surface area (TPSA) is 49.3 Å². The highest BCUT2D eigenvalue weighted by molar-refractivity contribution is 7.98. The first-order valence-electron chi connectivity index (χ1n) is 5.60. The molecule has 1 amide bonds. The van der Waals surface area contributed by atoms with Crippen molar-refractivity contribution in [2.45, 2.75) is 18.3 Å². The van der Waals surface area contributed by atoms with E-state index in [0.29, 0.717) is 18.7 Å². The smallest absolute Gasteiger partial charge is 0.416 e. The fourth-order valence-corrected chi connectivity index (χ4v) is 2.27. The summed E-state index contributed by atoms with van der Waals surface area (Å²) >= 11 is 1.56.